The Bertz CT molecular complexity index is 571. The molecule has 0 saturated carbocycles. The average Bonchev–Trinajstić information content (AvgIpc) is 2.51. The van der Waals surface area contributed by atoms with Crippen LogP contribution in [0.15, 0.2) is 18.2 Å². The first-order chi connectivity index (χ1) is 10.8. The average molecular weight is 342 g/mol. The number of nitrogens with one attached hydrogen (secondary N) is 2. The van der Waals surface area contributed by atoms with Crippen molar-refractivity contribution in [2.24, 2.45) is 0 Å². The smallest absolute Gasteiger partial charge is 0.178 e. The molecule has 1 saturated heterocycles. The minimum atomic E-state index is -1.41. The van der Waals surface area contributed by atoms with E-state index in [0.717, 1.165) is 16.8 Å². The van der Waals surface area contributed by atoms with Gasteiger partial charge in [0, 0.05) is 5.69 Å². The van der Waals surface area contributed by atoms with Crippen LogP contribution in [-0.4, -0.2) is 62.8 Å². The Kier molecular flexibility index (Phi) is 5.90. The summed E-state index contributed by atoms with van der Waals surface area (Å²) in [6.45, 7) is 3.47. The van der Waals surface area contributed by atoms with E-state index in [4.69, 9.17) is 22.1 Å². The third-order valence-corrected chi connectivity index (χ3v) is 4.18. The van der Waals surface area contributed by atoms with E-state index in [1.54, 1.807) is 0 Å². The number of hydrogen-bond donors (Lipinski definition) is 6. The lowest BCUT2D eigenvalue weighted by Gasteiger charge is -2.40. The summed E-state index contributed by atoms with van der Waals surface area (Å²) in [6.07, 6.45) is -5.12. The predicted molar refractivity (Wildman–Crippen MR) is 89.0 cm³/mol. The molecule has 1 unspecified atom stereocenters. The largest absolute Gasteiger partial charge is 0.394 e. The van der Waals surface area contributed by atoms with Gasteiger partial charge in [0.15, 0.2) is 11.4 Å². The Hall–Kier alpha value is -1.29. The van der Waals surface area contributed by atoms with Crippen LogP contribution in [-0.2, 0) is 4.74 Å². The monoisotopic (exact) mass is 342 g/mol. The summed E-state index contributed by atoms with van der Waals surface area (Å²) in [5, 5.41) is 44.7. The van der Waals surface area contributed by atoms with Crippen LogP contribution in [0.3, 0.4) is 0 Å². The SMILES string of the molecule is Cc1ccc(NC(=S)N[C@H]2C(O)O[C@H](CO)[C@@H](O)[C@@H]2O)cc1C. The molecule has 0 aliphatic carbocycles. The number of aryl methyl sites for hydroxylation is 2. The summed E-state index contributed by atoms with van der Waals surface area (Å²) < 4.78 is 5.06. The van der Waals surface area contributed by atoms with Gasteiger partial charge in [0.2, 0.25) is 0 Å². The topological polar surface area (TPSA) is 114 Å². The van der Waals surface area contributed by atoms with Crippen LogP contribution in [0.2, 0.25) is 0 Å². The van der Waals surface area contributed by atoms with E-state index in [0.29, 0.717) is 0 Å². The second-order valence-electron chi connectivity index (χ2n) is 5.65. The number of hydrogen-bond acceptors (Lipinski definition) is 6. The molecular weight excluding hydrogens is 320 g/mol. The number of rotatable bonds is 3. The van der Waals surface area contributed by atoms with Gasteiger partial charge in [-0.05, 0) is 49.3 Å². The molecule has 0 aromatic heterocycles. The van der Waals surface area contributed by atoms with Gasteiger partial charge in [-0.3, -0.25) is 0 Å². The number of anilines is 1. The van der Waals surface area contributed by atoms with E-state index >= 15 is 0 Å². The third kappa shape index (κ3) is 4.17. The van der Waals surface area contributed by atoms with E-state index < -0.39 is 37.3 Å². The van der Waals surface area contributed by atoms with Gasteiger partial charge in [-0.15, -0.1) is 0 Å². The van der Waals surface area contributed by atoms with Crippen LogP contribution >= 0.6 is 12.2 Å². The van der Waals surface area contributed by atoms with Crippen LogP contribution in [0.4, 0.5) is 5.69 Å². The summed E-state index contributed by atoms with van der Waals surface area (Å²) in [5.74, 6) is 0. The van der Waals surface area contributed by atoms with Crippen molar-refractivity contribution in [1.29, 1.82) is 0 Å². The standard InChI is InChI=1S/C15H22N2O5S/c1-7-3-4-9(5-8(7)2)16-15(23)17-11-13(20)12(19)10(6-18)22-14(11)21/h3-5,10-14,18-21H,6H2,1-2H3,(H2,16,17,23)/t10-,11-,12-,13-,14?/m1/s1. The zero-order valence-corrected chi connectivity index (χ0v) is 13.7. The summed E-state index contributed by atoms with van der Waals surface area (Å²) in [7, 11) is 0. The molecule has 7 nitrogen and oxygen atoms in total. The molecule has 1 aromatic carbocycles. The molecule has 1 aromatic rings. The Morgan fingerprint density at radius 3 is 2.48 bits per heavy atom. The van der Waals surface area contributed by atoms with Crippen LogP contribution < -0.4 is 10.6 Å². The van der Waals surface area contributed by atoms with E-state index in [9.17, 15) is 15.3 Å². The summed E-state index contributed by atoms with van der Waals surface area (Å²) in [6, 6.07) is 4.71. The number of benzene rings is 1. The highest BCUT2D eigenvalue weighted by molar-refractivity contribution is 7.80. The van der Waals surface area contributed by atoms with Gasteiger partial charge < -0.3 is 35.8 Å². The molecule has 0 bridgehead atoms. The highest BCUT2D eigenvalue weighted by Crippen LogP contribution is 2.20. The fourth-order valence-electron chi connectivity index (χ4n) is 2.39. The maximum atomic E-state index is 10.1. The van der Waals surface area contributed by atoms with Gasteiger partial charge in [-0.25, -0.2) is 0 Å². The zero-order valence-electron chi connectivity index (χ0n) is 12.9. The first-order valence-electron chi connectivity index (χ1n) is 7.28. The maximum absolute atomic E-state index is 10.1. The molecule has 8 heteroatoms. The van der Waals surface area contributed by atoms with Crippen molar-refractivity contribution in [3.05, 3.63) is 29.3 Å². The summed E-state index contributed by atoms with van der Waals surface area (Å²) in [5.41, 5.74) is 3.01. The molecule has 0 amide bonds. The van der Waals surface area contributed by atoms with Gasteiger partial charge in [-0.1, -0.05) is 6.07 Å². The molecular formula is C15H22N2O5S. The second kappa shape index (κ2) is 7.52. The first-order valence-corrected chi connectivity index (χ1v) is 7.69. The highest BCUT2D eigenvalue weighted by Gasteiger charge is 2.43. The van der Waals surface area contributed by atoms with E-state index in [1.807, 2.05) is 32.0 Å². The number of thiocarbonyl (C=S) groups is 1. The molecule has 5 atom stereocenters. The second-order valence-corrected chi connectivity index (χ2v) is 6.06. The molecule has 2 rings (SSSR count). The van der Waals surface area contributed by atoms with E-state index in [1.165, 1.54) is 0 Å². The normalized spacial score (nSPS) is 30.8. The van der Waals surface area contributed by atoms with Gasteiger partial charge >= 0.3 is 0 Å². The zero-order chi connectivity index (χ0) is 17.1. The maximum Gasteiger partial charge on any atom is 0.178 e. The summed E-state index contributed by atoms with van der Waals surface area (Å²) >= 11 is 5.16. The van der Waals surface area contributed by atoms with Crippen molar-refractivity contribution in [3.8, 4) is 0 Å². The molecule has 1 fully saturated rings. The van der Waals surface area contributed by atoms with Crippen LogP contribution in [0, 0.1) is 13.8 Å². The predicted octanol–water partition coefficient (Wildman–Crippen LogP) is -0.610. The summed E-state index contributed by atoms with van der Waals surface area (Å²) in [4.78, 5) is 0. The fraction of sp³-hybridized carbons (Fsp3) is 0.533. The van der Waals surface area contributed by atoms with Gasteiger partial charge in [0.1, 0.15) is 24.4 Å². The lowest BCUT2D eigenvalue weighted by atomic mass is 9.97. The van der Waals surface area contributed by atoms with Crippen molar-refractivity contribution < 1.29 is 25.2 Å². The Labute approximate surface area is 139 Å². The van der Waals surface area contributed by atoms with Crippen molar-refractivity contribution in [2.45, 2.75) is 44.5 Å². The number of ether oxygens (including phenoxy) is 1. The van der Waals surface area contributed by atoms with Crippen molar-refractivity contribution in [1.82, 2.24) is 5.32 Å². The minimum absolute atomic E-state index is 0.176. The van der Waals surface area contributed by atoms with E-state index in [2.05, 4.69) is 10.6 Å². The van der Waals surface area contributed by atoms with Gasteiger partial charge in [0.25, 0.3) is 0 Å². The molecule has 0 radical (unpaired) electrons. The molecule has 1 aliphatic heterocycles. The fourth-order valence-corrected chi connectivity index (χ4v) is 2.64. The van der Waals surface area contributed by atoms with Gasteiger partial charge in [0.05, 0.1) is 6.61 Å². The Morgan fingerprint density at radius 1 is 1.17 bits per heavy atom. The minimum Gasteiger partial charge on any atom is -0.394 e. The number of aliphatic hydroxyl groups is 4. The Morgan fingerprint density at radius 2 is 1.87 bits per heavy atom. The first kappa shape index (κ1) is 18.1. The highest BCUT2D eigenvalue weighted by atomic mass is 32.1. The lowest BCUT2D eigenvalue weighted by molar-refractivity contribution is -0.251. The van der Waals surface area contributed by atoms with Crippen LogP contribution in [0.25, 0.3) is 0 Å². The van der Waals surface area contributed by atoms with Crippen molar-refractivity contribution in [3.63, 3.8) is 0 Å². The van der Waals surface area contributed by atoms with Gasteiger partial charge in [-0.2, -0.15) is 0 Å². The molecule has 6 N–H and O–H groups in total. The third-order valence-electron chi connectivity index (χ3n) is 3.96. The molecule has 0 spiro atoms. The van der Waals surface area contributed by atoms with Crippen molar-refractivity contribution in [2.75, 3.05) is 11.9 Å². The lowest BCUT2D eigenvalue weighted by Crippen LogP contribution is -2.64. The van der Waals surface area contributed by atoms with E-state index in [-0.39, 0.29) is 5.11 Å². The van der Waals surface area contributed by atoms with Crippen LogP contribution in [0.5, 0.6) is 0 Å². The number of aliphatic hydroxyl groups excluding tert-OH is 4. The van der Waals surface area contributed by atoms with Crippen molar-refractivity contribution >= 4 is 23.0 Å². The molecule has 1 heterocycles. The Balaban J connectivity index is 2.00. The molecule has 1 aliphatic rings. The molecule has 23 heavy (non-hydrogen) atoms. The van der Waals surface area contributed by atoms with Crippen LogP contribution in [0.1, 0.15) is 11.1 Å². The molecule has 128 valence electrons. The quantitative estimate of drug-likeness (QED) is 0.403.